The van der Waals surface area contributed by atoms with Gasteiger partial charge < -0.3 is 14.6 Å². The van der Waals surface area contributed by atoms with Crippen LogP contribution in [0.2, 0.25) is 0 Å². The maximum Gasteiger partial charge on any atom is 0.339 e. The molecule has 1 aromatic carbocycles. The van der Waals surface area contributed by atoms with Gasteiger partial charge in [-0.25, -0.2) is 14.8 Å². The highest BCUT2D eigenvalue weighted by molar-refractivity contribution is 5.88. The molecule has 0 bridgehead atoms. The number of nitrogens with zero attached hydrogens (tertiary/aromatic N) is 2. The highest BCUT2D eigenvalue weighted by Gasteiger charge is 2.15. The zero-order valence-electron chi connectivity index (χ0n) is 14.1. The van der Waals surface area contributed by atoms with Crippen molar-refractivity contribution in [2.24, 2.45) is 0 Å². The van der Waals surface area contributed by atoms with Crippen molar-refractivity contribution in [2.45, 2.75) is 19.8 Å². The van der Waals surface area contributed by atoms with E-state index in [-0.39, 0.29) is 11.5 Å². The number of carbonyl (C=O) groups is 1. The summed E-state index contributed by atoms with van der Waals surface area (Å²) in [5.41, 5.74) is 1.54. The van der Waals surface area contributed by atoms with Gasteiger partial charge in [0.2, 0.25) is 0 Å². The lowest BCUT2D eigenvalue weighted by atomic mass is 10.1. The molecular formula is C18H20N2O4. The largest absolute Gasteiger partial charge is 0.493 e. The van der Waals surface area contributed by atoms with Gasteiger partial charge in [0, 0.05) is 6.20 Å². The molecular weight excluding hydrogens is 308 g/mol. The quantitative estimate of drug-likeness (QED) is 0.874. The van der Waals surface area contributed by atoms with Gasteiger partial charge in [0.1, 0.15) is 0 Å². The predicted molar refractivity (Wildman–Crippen MR) is 91.6 cm³/mol. The topological polar surface area (TPSA) is 81.5 Å². The van der Waals surface area contributed by atoms with Gasteiger partial charge in [0.25, 0.3) is 0 Å². The molecule has 0 amide bonds. The zero-order chi connectivity index (χ0) is 17.7. The first-order chi connectivity index (χ1) is 11.5. The number of ether oxygens (including phenoxy) is 2. The first kappa shape index (κ1) is 17.5. The van der Waals surface area contributed by atoms with E-state index in [9.17, 15) is 9.90 Å². The molecule has 2 aromatic rings. The Morgan fingerprint density at radius 3 is 2.46 bits per heavy atom. The van der Waals surface area contributed by atoms with E-state index in [0.29, 0.717) is 23.0 Å². The maximum atomic E-state index is 11.2. The number of rotatable bonds is 6. The summed E-state index contributed by atoms with van der Waals surface area (Å²) in [6.07, 6.45) is 4.92. The van der Waals surface area contributed by atoms with E-state index < -0.39 is 5.97 Å². The van der Waals surface area contributed by atoms with Crippen molar-refractivity contribution in [1.29, 1.82) is 0 Å². The summed E-state index contributed by atoms with van der Waals surface area (Å²) in [5.74, 6) is 0.711. The SMILES string of the molecule is COc1ccc(/C=C/c2ncc(C(=O)O)c(C(C)C)n2)cc1OC. The van der Waals surface area contributed by atoms with Crippen LogP contribution in [0.3, 0.4) is 0 Å². The lowest BCUT2D eigenvalue weighted by Gasteiger charge is -2.09. The Balaban J connectivity index is 2.32. The number of hydrogen-bond acceptors (Lipinski definition) is 5. The number of benzene rings is 1. The van der Waals surface area contributed by atoms with Gasteiger partial charge in [0.15, 0.2) is 17.3 Å². The van der Waals surface area contributed by atoms with E-state index in [2.05, 4.69) is 9.97 Å². The molecule has 0 radical (unpaired) electrons. The molecule has 0 aliphatic rings. The van der Waals surface area contributed by atoms with Crippen molar-refractivity contribution in [3.05, 3.63) is 47.0 Å². The number of carboxylic acid groups (broad SMARTS) is 1. The van der Waals surface area contributed by atoms with Gasteiger partial charge in [-0.2, -0.15) is 0 Å². The lowest BCUT2D eigenvalue weighted by molar-refractivity contribution is 0.0694. The van der Waals surface area contributed by atoms with E-state index in [1.807, 2.05) is 38.1 Å². The molecule has 0 spiro atoms. The van der Waals surface area contributed by atoms with Crippen LogP contribution in [-0.2, 0) is 0 Å². The normalized spacial score (nSPS) is 11.0. The summed E-state index contributed by atoms with van der Waals surface area (Å²) >= 11 is 0. The molecule has 6 nitrogen and oxygen atoms in total. The average molecular weight is 328 g/mol. The van der Waals surface area contributed by atoms with Crippen LogP contribution in [0.1, 0.15) is 47.2 Å². The molecule has 0 saturated heterocycles. The second-order valence-corrected chi connectivity index (χ2v) is 5.43. The zero-order valence-corrected chi connectivity index (χ0v) is 14.1. The van der Waals surface area contributed by atoms with Gasteiger partial charge in [0.05, 0.1) is 25.5 Å². The van der Waals surface area contributed by atoms with Gasteiger partial charge in [-0.05, 0) is 29.7 Å². The Hall–Kier alpha value is -2.89. The van der Waals surface area contributed by atoms with Crippen LogP contribution in [0.15, 0.2) is 24.4 Å². The van der Waals surface area contributed by atoms with Crippen molar-refractivity contribution in [3.63, 3.8) is 0 Å². The molecule has 0 aliphatic heterocycles. The van der Waals surface area contributed by atoms with Gasteiger partial charge in [-0.1, -0.05) is 26.0 Å². The van der Waals surface area contributed by atoms with Crippen molar-refractivity contribution in [2.75, 3.05) is 14.2 Å². The van der Waals surface area contributed by atoms with Crippen molar-refractivity contribution in [1.82, 2.24) is 9.97 Å². The minimum absolute atomic E-state index is 0.00710. The summed E-state index contributed by atoms with van der Waals surface area (Å²) in [6.45, 7) is 3.80. The molecule has 0 unspecified atom stereocenters. The fourth-order valence-electron chi connectivity index (χ4n) is 2.22. The van der Waals surface area contributed by atoms with Crippen LogP contribution in [0.5, 0.6) is 11.5 Å². The third kappa shape index (κ3) is 3.90. The van der Waals surface area contributed by atoms with Gasteiger partial charge >= 0.3 is 5.97 Å². The molecule has 1 N–H and O–H groups in total. The standard InChI is InChI=1S/C18H20N2O4/c1-11(2)17-13(18(21)22)10-19-16(20-17)8-6-12-5-7-14(23-3)15(9-12)24-4/h5-11H,1-4H3,(H,21,22)/b8-6+. The summed E-state index contributed by atoms with van der Waals surface area (Å²) in [4.78, 5) is 19.7. The average Bonchev–Trinajstić information content (AvgIpc) is 2.59. The molecule has 2 rings (SSSR count). The summed E-state index contributed by atoms with van der Waals surface area (Å²) in [7, 11) is 3.16. The Morgan fingerprint density at radius 2 is 1.88 bits per heavy atom. The summed E-state index contributed by atoms with van der Waals surface area (Å²) in [5, 5.41) is 9.20. The third-order valence-electron chi connectivity index (χ3n) is 3.45. The molecule has 0 atom stereocenters. The van der Waals surface area contributed by atoms with Crippen LogP contribution >= 0.6 is 0 Å². The lowest BCUT2D eigenvalue weighted by Crippen LogP contribution is -2.08. The minimum atomic E-state index is -1.02. The second kappa shape index (κ2) is 7.59. The number of aromatic nitrogens is 2. The highest BCUT2D eigenvalue weighted by Crippen LogP contribution is 2.28. The Labute approximate surface area is 140 Å². The highest BCUT2D eigenvalue weighted by atomic mass is 16.5. The number of hydrogen-bond donors (Lipinski definition) is 1. The van der Waals surface area contributed by atoms with Gasteiger partial charge in [-0.15, -0.1) is 0 Å². The summed E-state index contributed by atoms with van der Waals surface area (Å²) in [6, 6.07) is 5.53. The monoisotopic (exact) mass is 328 g/mol. The number of aromatic carboxylic acids is 1. The second-order valence-electron chi connectivity index (χ2n) is 5.43. The first-order valence-corrected chi connectivity index (χ1v) is 7.46. The molecule has 24 heavy (non-hydrogen) atoms. The first-order valence-electron chi connectivity index (χ1n) is 7.46. The van der Waals surface area contributed by atoms with E-state index in [1.54, 1.807) is 20.3 Å². The molecule has 126 valence electrons. The number of carboxylic acids is 1. The number of methoxy groups -OCH3 is 2. The molecule has 0 fully saturated rings. The maximum absolute atomic E-state index is 11.2. The molecule has 0 aliphatic carbocycles. The van der Waals surface area contributed by atoms with Crippen LogP contribution in [0.25, 0.3) is 12.2 Å². The van der Waals surface area contributed by atoms with Gasteiger partial charge in [-0.3, -0.25) is 0 Å². The van der Waals surface area contributed by atoms with E-state index in [4.69, 9.17) is 9.47 Å². The van der Waals surface area contributed by atoms with Crippen molar-refractivity contribution < 1.29 is 19.4 Å². The Morgan fingerprint density at radius 1 is 1.17 bits per heavy atom. The molecule has 6 heteroatoms. The van der Waals surface area contributed by atoms with E-state index >= 15 is 0 Å². The summed E-state index contributed by atoms with van der Waals surface area (Å²) < 4.78 is 10.5. The smallest absolute Gasteiger partial charge is 0.339 e. The van der Waals surface area contributed by atoms with Crippen LogP contribution in [-0.4, -0.2) is 35.3 Å². The fraction of sp³-hybridized carbons (Fsp3) is 0.278. The van der Waals surface area contributed by atoms with Crippen molar-refractivity contribution in [3.8, 4) is 11.5 Å². The third-order valence-corrected chi connectivity index (χ3v) is 3.45. The van der Waals surface area contributed by atoms with E-state index in [1.165, 1.54) is 6.20 Å². The fourth-order valence-corrected chi connectivity index (χ4v) is 2.22. The minimum Gasteiger partial charge on any atom is -0.493 e. The van der Waals surface area contributed by atoms with Crippen molar-refractivity contribution >= 4 is 18.1 Å². The van der Waals surface area contributed by atoms with E-state index in [0.717, 1.165) is 5.56 Å². The van der Waals surface area contributed by atoms with Crippen LogP contribution < -0.4 is 9.47 Å². The predicted octanol–water partition coefficient (Wildman–Crippen LogP) is 3.49. The van der Waals surface area contributed by atoms with Crippen LogP contribution in [0, 0.1) is 0 Å². The van der Waals surface area contributed by atoms with Crippen LogP contribution in [0.4, 0.5) is 0 Å². The molecule has 0 saturated carbocycles. The Bertz CT molecular complexity index is 770. The molecule has 1 heterocycles. The molecule has 1 aromatic heterocycles. The Kier molecular flexibility index (Phi) is 5.52.